The van der Waals surface area contributed by atoms with E-state index in [0.717, 1.165) is 36.9 Å². The van der Waals surface area contributed by atoms with Gasteiger partial charge in [-0.15, -0.1) is 0 Å². The average molecular weight is 293 g/mol. The van der Waals surface area contributed by atoms with Gasteiger partial charge < -0.3 is 10.1 Å². The Kier molecular flexibility index (Phi) is 5.27. The van der Waals surface area contributed by atoms with Crippen molar-refractivity contribution in [3.05, 3.63) is 0 Å². The van der Waals surface area contributed by atoms with E-state index >= 15 is 0 Å². The molecule has 21 heavy (non-hydrogen) atoms. The molecule has 1 saturated heterocycles. The zero-order chi connectivity index (χ0) is 14.7. The summed E-state index contributed by atoms with van der Waals surface area (Å²) < 4.78 is 6.15. The lowest BCUT2D eigenvalue weighted by molar-refractivity contribution is -0.149. The van der Waals surface area contributed by atoms with Gasteiger partial charge in [-0.1, -0.05) is 33.1 Å². The lowest BCUT2D eigenvalue weighted by Crippen LogP contribution is -2.52. The fourth-order valence-electron chi connectivity index (χ4n) is 5.20. The molecule has 1 heterocycles. The van der Waals surface area contributed by atoms with E-state index < -0.39 is 0 Å². The molecule has 3 fully saturated rings. The molecule has 2 nitrogen and oxygen atoms in total. The van der Waals surface area contributed by atoms with Crippen LogP contribution in [0, 0.1) is 17.8 Å². The Balaban J connectivity index is 1.61. The first-order valence-electron chi connectivity index (χ1n) is 9.63. The van der Waals surface area contributed by atoms with Crippen LogP contribution in [0.4, 0.5) is 0 Å². The standard InChI is InChI=1S/C19H35NO/c1-3-15-6-8-16(9-7-15)18(20-4-2)17-10-13-21-19(14-17)11-5-12-19/h15-18,20H,3-14H2,1-2H3. The van der Waals surface area contributed by atoms with Gasteiger partial charge in [0.15, 0.2) is 0 Å². The van der Waals surface area contributed by atoms with Crippen molar-refractivity contribution < 1.29 is 4.74 Å². The molecule has 0 bridgehead atoms. The summed E-state index contributed by atoms with van der Waals surface area (Å²) in [4.78, 5) is 0. The van der Waals surface area contributed by atoms with Crippen molar-refractivity contribution in [3.63, 3.8) is 0 Å². The molecule has 3 aliphatic rings. The van der Waals surface area contributed by atoms with E-state index in [9.17, 15) is 0 Å². The van der Waals surface area contributed by atoms with Crippen molar-refractivity contribution in [2.24, 2.45) is 17.8 Å². The number of hydrogen-bond acceptors (Lipinski definition) is 2. The van der Waals surface area contributed by atoms with Crippen LogP contribution in [0.3, 0.4) is 0 Å². The van der Waals surface area contributed by atoms with Crippen LogP contribution in [0.1, 0.15) is 78.1 Å². The third-order valence-corrected chi connectivity index (χ3v) is 6.72. The number of hydrogen-bond donors (Lipinski definition) is 1. The van der Waals surface area contributed by atoms with E-state index in [1.165, 1.54) is 64.2 Å². The highest BCUT2D eigenvalue weighted by atomic mass is 16.5. The Morgan fingerprint density at radius 2 is 1.81 bits per heavy atom. The van der Waals surface area contributed by atoms with Gasteiger partial charge in [-0.05, 0) is 69.2 Å². The van der Waals surface area contributed by atoms with Crippen LogP contribution in [0.25, 0.3) is 0 Å². The number of nitrogens with one attached hydrogen (secondary N) is 1. The quantitative estimate of drug-likeness (QED) is 0.804. The molecule has 0 aromatic heterocycles. The van der Waals surface area contributed by atoms with Crippen LogP contribution in [0.5, 0.6) is 0 Å². The molecule has 2 heteroatoms. The highest BCUT2D eigenvalue weighted by Crippen LogP contribution is 2.47. The summed E-state index contributed by atoms with van der Waals surface area (Å²) in [5.74, 6) is 2.80. The fourth-order valence-corrected chi connectivity index (χ4v) is 5.20. The predicted molar refractivity (Wildman–Crippen MR) is 88.5 cm³/mol. The third kappa shape index (κ3) is 3.47. The lowest BCUT2D eigenvalue weighted by Gasteiger charge is -2.50. The second-order valence-electron chi connectivity index (χ2n) is 7.91. The predicted octanol–water partition coefficient (Wildman–Crippen LogP) is 4.53. The molecule has 0 amide bonds. The summed E-state index contributed by atoms with van der Waals surface area (Å²) in [6, 6.07) is 0.759. The van der Waals surface area contributed by atoms with Crippen LogP contribution in [0.15, 0.2) is 0 Å². The van der Waals surface area contributed by atoms with Crippen molar-refractivity contribution in [1.82, 2.24) is 5.32 Å². The van der Waals surface area contributed by atoms with Gasteiger partial charge >= 0.3 is 0 Å². The van der Waals surface area contributed by atoms with Gasteiger partial charge in [0, 0.05) is 12.6 Å². The maximum atomic E-state index is 6.15. The SMILES string of the molecule is CCNC(C1CCC(CC)CC1)C1CCOC2(CCC2)C1. The second kappa shape index (κ2) is 7.00. The van der Waals surface area contributed by atoms with Crippen molar-refractivity contribution in [2.75, 3.05) is 13.2 Å². The van der Waals surface area contributed by atoms with Crippen molar-refractivity contribution in [2.45, 2.75) is 89.7 Å². The third-order valence-electron chi connectivity index (χ3n) is 6.72. The van der Waals surface area contributed by atoms with Gasteiger partial charge in [0.25, 0.3) is 0 Å². The summed E-state index contributed by atoms with van der Waals surface area (Å²) in [7, 11) is 0. The minimum absolute atomic E-state index is 0.303. The molecule has 2 saturated carbocycles. The van der Waals surface area contributed by atoms with E-state index in [2.05, 4.69) is 19.2 Å². The van der Waals surface area contributed by atoms with Gasteiger partial charge in [-0.25, -0.2) is 0 Å². The molecule has 1 N–H and O–H groups in total. The van der Waals surface area contributed by atoms with Gasteiger partial charge in [-0.3, -0.25) is 0 Å². The maximum absolute atomic E-state index is 6.15. The largest absolute Gasteiger partial charge is 0.375 e. The van der Waals surface area contributed by atoms with Crippen molar-refractivity contribution >= 4 is 0 Å². The Hall–Kier alpha value is -0.0800. The van der Waals surface area contributed by atoms with Crippen LogP contribution in [0.2, 0.25) is 0 Å². The normalized spacial score (nSPS) is 37.1. The smallest absolute Gasteiger partial charge is 0.0685 e. The van der Waals surface area contributed by atoms with Crippen LogP contribution < -0.4 is 5.32 Å². The Morgan fingerprint density at radius 1 is 1.05 bits per heavy atom. The minimum atomic E-state index is 0.303. The Morgan fingerprint density at radius 3 is 2.38 bits per heavy atom. The topological polar surface area (TPSA) is 21.3 Å². The molecular weight excluding hydrogens is 258 g/mol. The molecule has 1 spiro atoms. The molecule has 122 valence electrons. The highest BCUT2D eigenvalue weighted by molar-refractivity contribution is 4.98. The summed E-state index contributed by atoms with van der Waals surface area (Å²) in [5, 5.41) is 3.89. The summed E-state index contributed by atoms with van der Waals surface area (Å²) in [6.07, 6.45) is 13.9. The monoisotopic (exact) mass is 293 g/mol. The first-order chi connectivity index (χ1) is 10.3. The molecular formula is C19H35NO. The van der Waals surface area contributed by atoms with Crippen LogP contribution in [-0.4, -0.2) is 24.8 Å². The van der Waals surface area contributed by atoms with E-state index in [1.807, 2.05) is 0 Å². The molecule has 2 unspecified atom stereocenters. The zero-order valence-corrected chi connectivity index (χ0v) is 14.2. The highest BCUT2D eigenvalue weighted by Gasteiger charge is 2.45. The Bertz CT molecular complexity index is 318. The molecule has 2 aliphatic carbocycles. The van der Waals surface area contributed by atoms with E-state index in [4.69, 9.17) is 4.74 Å². The van der Waals surface area contributed by atoms with Crippen LogP contribution >= 0.6 is 0 Å². The van der Waals surface area contributed by atoms with Gasteiger partial charge in [0.05, 0.1) is 5.60 Å². The lowest BCUT2D eigenvalue weighted by atomic mass is 9.66. The van der Waals surface area contributed by atoms with Gasteiger partial charge in [0.1, 0.15) is 0 Å². The molecule has 3 rings (SSSR count). The molecule has 2 atom stereocenters. The second-order valence-corrected chi connectivity index (χ2v) is 7.91. The Labute approximate surface area is 131 Å². The first-order valence-corrected chi connectivity index (χ1v) is 9.63. The fraction of sp³-hybridized carbons (Fsp3) is 1.00. The van der Waals surface area contributed by atoms with Gasteiger partial charge in [-0.2, -0.15) is 0 Å². The minimum Gasteiger partial charge on any atom is -0.375 e. The summed E-state index contributed by atoms with van der Waals surface area (Å²) in [5.41, 5.74) is 0.303. The van der Waals surface area contributed by atoms with Crippen molar-refractivity contribution in [1.29, 1.82) is 0 Å². The van der Waals surface area contributed by atoms with E-state index in [-0.39, 0.29) is 0 Å². The molecule has 0 radical (unpaired) electrons. The van der Waals surface area contributed by atoms with E-state index in [1.54, 1.807) is 0 Å². The van der Waals surface area contributed by atoms with E-state index in [0.29, 0.717) is 5.60 Å². The molecule has 1 aliphatic heterocycles. The zero-order valence-electron chi connectivity index (χ0n) is 14.2. The number of ether oxygens (including phenoxy) is 1. The first kappa shape index (κ1) is 15.8. The van der Waals surface area contributed by atoms with Crippen molar-refractivity contribution in [3.8, 4) is 0 Å². The number of rotatable bonds is 5. The molecule has 0 aromatic carbocycles. The van der Waals surface area contributed by atoms with Gasteiger partial charge in [0.2, 0.25) is 0 Å². The van der Waals surface area contributed by atoms with Crippen LogP contribution in [-0.2, 0) is 4.74 Å². The maximum Gasteiger partial charge on any atom is 0.0685 e. The average Bonchev–Trinajstić information content (AvgIpc) is 2.51. The summed E-state index contributed by atoms with van der Waals surface area (Å²) >= 11 is 0. The summed E-state index contributed by atoms with van der Waals surface area (Å²) in [6.45, 7) is 6.79. The molecule has 0 aromatic rings.